The fraction of sp³-hybridized carbons (Fsp3) is 0.853. The molecule has 0 aliphatic heterocycles. The highest BCUT2D eigenvalue weighted by atomic mass is 16.4. The summed E-state index contributed by atoms with van der Waals surface area (Å²) in [5.41, 5.74) is 0. The lowest BCUT2D eigenvalue weighted by molar-refractivity contribution is -0.929. The van der Waals surface area contributed by atoms with Gasteiger partial charge in [-0.1, -0.05) is 96.1 Å². The Morgan fingerprint density at radius 2 is 0.854 bits per heavy atom. The van der Waals surface area contributed by atoms with Crippen molar-refractivity contribution in [1.82, 2.24) is 0 Å². The molecule has 240 valence electrons. The maximum absolute atomic E-state index is 11.1. The maximum Gasteiger partial charge on any atom is 0.303 e. The van der Waals surface area contributed by atoms with Gasteiger partial charge in [0.25, 0.3) is 0 Å². The van der Waals surface area contributed by atoms with Gasteiger partial charge in [-0.25, -0.2) is 0 Å². The lowest BCUT2D eigenvalue weighted by Crippen LogP contribution is -2.51. The quantitative estimate of drug-likeness (QED) is 0.0479. The van der Waals surface area contributed by atoms with E-state index < -0.39 is 17.9 Å². The van der Waals surface area contributed by atoms with Crippen LogP contribution in [0.15, 0.2) is 12.2 Å². The smallest absolute Gasteiger partial charge is 0.303 e. The number of carboxylic acid groups (broad SMARTS) is 3. The molecule has 0 fully saturated rings. The number of carboxylic acids is 3. The van der Waals surface area contributed by atoms with Crippen LogP contribution in [-0.2, 0) is 14.4 Å². The van der Waals surface area contributed by atoms with E-state index in [1.165, 1.54) is 103 Å². The van der Waals surface area contributed by atoms with Crippen LogP contribution in [0.3, 0.4) is 0 Å². The summed E-state index contributed by atoms with van der Waals surface area (Å²) >= 11 is 0. The Bertz CT molecular complexity index is 628. The maximum atomic E-state index is 11.1. The van der Waals surface area contributed by atoms with Gasteiger partial charge >= 0.3 is 11.9 Å². The van der Waals surface area contributed by atoms with Gasteiger partial charge in [0.05, 0.1) is 39.0 Å². The predicted molar refractivity (Wildman–Crippen MR) is 166 cm³/mol. The van der Waals surface area contributed by atoms with E-state index in [1.807, 2.05) is 0 Å². The summed E-state index contributed by atoms with van der Waals surface area (Å²) in [7, 11) is 0. The summed E-state index contributed by atoms with van der Waals surface area (Å²) in [4.78, 5) is 33.1. The van der Waals surface area contributed by atoms with E-state index in [0.29, 0.717) is 43.4 Å². The molecule has 0 saturated heterocycles. The number of aliphatic carboxylic acids is 3. The summed E-state index contributed by atoms with van der Waals surface area (Å²) in [6.07, 6.45) is 29.4. The third-order valence-corrected chi connectivity index (χ3v) is 8.20. The number of carbonyl (C=O) groups is 3. The normalized spacial score (nSPS) is 11.8. The van der Waals surface area contributed by atoms with Crippen LogP contribution in [0.5, 0.6) is 0 Å². The monoisotopic (exact) mass is 581 g/mol. The first kappa shape index (κ1) is 39.1. The largest absolute Gasteiger partial charge is 0.550 e. The summed E-state index contributed by atoms with van der Waals surface area (Å²) < 4.78 is 0.614. The molecule has 0 bridgehead atoms. The molecular formula is C34H63NO6. The van der Waals surface area contributed by atoms with Gasteiger partial charge in [-0.15, -0.1) is 0 Å². The summed E-state index contributed by atoms with van der Waals surface area (Å²) in [5.74, 6) is -2.74. The molecule has 0 atom stereocenters. The lowest BCUT2D eigenvalue weighted by atomic mass is 10.0. The number of nitrogens with zero attached hydrogens (tertiary/aromatic N) is 1. The SMILES string of the molecule is CCCCCC/C=C/CCCCCCCCCCCCCC[N+](CCCC(=O)[O-])(CCCC(=O)O)CCCC(=O)O. The van der Waals surface area contributed by atoms with Crippen LogP contribution in [0.2, 0.25) is 0 Å². The highest BCUT2D eigenvalue weighted by Crippen LogP contribution is 2.19. The van der Waals surface area contributed by atoms with E-state index in [2.05, 4.69) is 19.1 Å². The van der Waals surface area contributed by atoms with Crippen molar-refractivity contribution in [3.8, 4) is 0 Å². The standard InChI is InChI=1S/C34H63NO6/c1-2-3-4-5-6-7-8-9-10-11-12-13-14-15-16-17-18-19-20-21-28-35(29-22-25-32(36)37,30-23-26-33(38)39)31-24-27-34(40)41/h7-8H,2-6,9-31H2,1H3,(H2-,36,37,38,39,40,41)/b8-7+. The number of unbranched alkanes of at least 4 members (excludes halogenated alkanes) is 16. The van der Waals surface area contributed by atoms with Crippen molar-refractivity contribution in [3.05, 3.63) is 12.2 Å². The van der Waals surface area contributed by atoms with Gasteiger partial charge in [0.2, 0.25) is 0 Å². The second-order valence-corrected chi connectivity index (χ2v) is 12.1. The fourth-order valence-corrected chi connectivity index (χ4v) is 5.76. The molecule has 2 N–H and O–H groups in total. The Balaban J connectivity index is 4.08. The summed E-state index contributed by atoms with van der Waals surface area (Å²) in [6.45, 7) is 5.03. The van der Waals surface area contributed by atoms with Crippen molar-refractivity contribution >= 4 is 17.9 Å². The van der Waals surface area contributed by atoms with Crippen LogP contribution in [0.1, 0.15) is 161 Å². The van der Waals surface area contributed by atoms with Gasteiger partial charge in [0.15, 0.2) is 0 Å². The zero-order valence-corrected chi connectivity index (χ0v) is 26.4. The van der Waals surface area contributed by atoms with Gasteiger partial charge in [0.1, 0.15) is 0 Å². The third-order valence-electron chi connectivity index (χ3n) is 8.20. The van der Waals surface area contributed by atoms with Crippen molar-refractivity contribution in [2.45, 2.75) is 161 Å². The molecule has 0 heterocycles. The highest BCUT2D eigenvalue weighted by Gasteiger charge is 2.26. The fourth-order valence-electron chi connectivity index (χ4n) is 5.76. The number of allylic oxidation sites excluding steroid dienone is 2. The third kappa shape index (κ3) is 28.0. The van der Waals surface area contributed by atoms with Crippen molar-refractivity contribution in [2.75, 3.05) is 26.2 Å². The van der Waals surface area contributed by atoms with E-state index in [9.17, 15) is 19.5 Å². The van der Waals surface area contributed by atoms with Gasteiger partial charge in [-0.05, 0) is 44.9 Å². The molecule has 0 unspecified atom stereocenters. The van der Waals surface area contributed by atoms with Crippen LogP contribution in [-0.4, -0.2) is 58.8 Å². The number of quaternary nitrogens is 1. The minimum atomic E-state index is -1.07. The molecule has 0 aromatic heterocycles. The number of hydrogen-bond acceptors (Lipinski definition) is 4. The molecule has 0 aliphatic rings. The Labute approximate surface area is 251 Å². The van der Waals surface area contributed by atoms with Crippen molar-refractivity contribution in [3.63, 3.8) is 0 Å². The molecule has 7 nitrogen and oxygen atoms in total. The Hall–Kier alpha value is -1.89. The summed E-state index contributed by atoms with van der Waals surface area (Å²) in [5, 5.41) is 29.1. The van der Waals surface area contributed by atoms with Crippen molar-refractivity contribution in [2.24, 2.45) is 0 Å². The topological polar surface area (TPSA) is 115 Å². The Morgan fingerprint density at radius 3 is 1.24 bits per heavy atom. The van der Waals surface area contributed by atoms with Gasteiger partial charge in [0, 0.05) is 25.2 Å². The molecule has 0 saturated carbocycles. The van der Waals surface area contributed by atoms with Crippen molar-refractivity contribution in [1.29, 1.82) is 0 Å². The zero-order valence-electron chi connectivity index (χ0n) is 26.4. The molecular weight excluding hydrogens is 518 g/mol. The first-order valence-corrected chi connectivity index (χ1v) is 16.9. The lowest BCUT2D eigenvalue weighted by Gasteiger charge is -2.39. The second kappa shape index (κ2) is 28.2. The number of rotatable bonds is 32. The molecule has 0 aliphatic carbocycles. The van der Waals surface area contributed by atoms with Crippen LogP contribution >= 0.6 is 0 Å². The second-order valence-electron chi connectivity index (χ2n) is 12.1. The molecule has 0 aromatic rings. The van der Waals surface area contributed by atoms with Gasteiger partial charge < -0.3 is 24.6 Å². The minimum Gasteiger partial charge on any atom is -0.550 e. The molecule has 0 rings (SSSR count). The molecule has 0 amide bonds. The van der Waals surface area contributed by atoms with Gasteiger partial charge in [-0.2, -0.15) is 0 Å². The molecule has 41 heavy (non-hydrogen) atoms. The molecule has 0 radical (unpaired) electrons. The van der Waals surface area contributed by atoms with E-state index in [-0.39, 0.29) is 19.3 Å². The van der Waals surface area contributed by atoms with Gasteiger partial charge in [-0.3, -0.25) is 9.59 Å². The summed E-state index contributed by atoms with van der Waals surface area (Å²) in [6, 6.07) is 0. The first-order valence-electron chi connectivity index (χ1n) is 16.9. The zero-order chi connectivity index (χ0) is 30.4. The molecule has 7 heteroatoms. The average molecular weight is 582 g/mol. The van der Waals surface area contributed by atoms with E-state index in [0.717, 1.165) is 19.4 Å². The number of carbonyl (C=O) groups excluding carboxylic acids is 1. The predicted octanol–water partition coefficient (Wildman–Crippen LogP) is 7.66. The molecule has 0 spiro atoms. The minimum absolute atomic E-state index is 0.0194. The van der Waals surface area contributed by atoms with Crippen molar-refractivity contribution < 1.29 is 34.2 Å². The number of hydrogen-bond donors (Lipinski definition) is 2. The van der Waals surface area contributed by atoms with E-state index in [4.69, 9.17) is 10.2 Å². The van der Waals surface area contributed by atoms with E-state index >= 15 is 0 Å². The first-order chi connectivity index (χ1) is 19.8. The van der Waals surface area contributed by atoms with Crippen LogP contribution < -0.4 is 5.11 Å². The molecule has 0 aromatic carbocycles. The Morgan fingerprint density at radius 1 is 0.512 bits per heavy atom. The average Bonchev–Trinajstić information content (AvgIpc) is 2.91. The van der Waals surface area contributed by atoms with Crippen LogP contribution in [0.4, 0.5) is 0 Å². The van der Waals surface area contributed by atoms with E-state index in [1.54, 1.807) is 0 Å². The van der Waals surface area contributed by atoms with Crippen LogP contribution in [0.25, 0.3) is 0 Å². The highest BCUT2D eigenvalue weighted by molar-refractivity contribution is 5.66. The Kier molecular flexibility index (Phi) is 26.9. The van der Waals surface area contributed by atoms with Crippen LogP contribution in [0, 0.1) is 0 Å².